The number of aromatic nitrogens is 4. The average molecular weight is 512 g/mol. The minimum Gasteiger partial charge on any atom is -0.461 e. The molecule has 2 unspecified atom stereocenters. The molecular weight excluding hydrogens is 482 g/mol. The quantitative estimate of drug-likeness (QED) is 0.385. The number of benzene rings is 1. The Kier molecular flexibility index (Phi) is 6.85. The number of hydrogen-bond donors (Lipinski definition) is 0. The van der Waals surface area contributed by atoms with Crippen LogP contribution in [0.15, 0.2) is 53.8 Å². The van der Waals surface area contributed by atoms with Crippen LogP contribution in [-0.4, -0.2) is 56.2 Å². The first-order valence-electron chi connectivity index (χ1n) is 11.8. The van der Waals surface area contributed by atoms with Crippen LogP contribution >= 0.6 is 0 Å². The van der Waals surface area contributed by atoms with Gasteiger partial charge in [-0.3, -0.25) is 14.0 Å². The van der Waals surface area contributed by atoms with E-state index in [4.69, 9.17) is 4.74 Å². The number of carbonyl (C=O) groups is 2. The van der Waals surface area contributed by atoms with Crippen LogP contribution in [0.4, 0.5) is 0 Å². The largest absolute Gasteiger partial charge is 0.461 e. The number of ether oxygens (including phenoxy) is 1. The fraction of sp³-hybridized carbons (Fsp3) is 0.360. The van der Waals surface area contributed by atoms with E-state index in [0.29, 0.717) is 23.3 Å². The van der Waals surface area contributed by atoms with Crippen LogP contribution in [0, 0.1) is 6.92 Å². The van der Waals surface area contributed by atoms with Crippen molar-refractivity contribution in [1.29, 1.82) is 0 Å². The first kappa shape index (κ1) is 25.4. The number of fused-ring (bicyclic) bond motifs is 3. The Hall–Kier alpha value is -3.73. The summed E-state index contributed by atoms with van der Waals surface area (Å²) in [7, 11) is -3.87. The van der Waals surface area contributed by atoms with Gasteiger partial charge in [0, 0.05) is 26.5 Å². The minimum atomic E-state index is -3.87. The number of rotatable bonds is 4. The van der Waals surface area contributed by atoms with Gasteiger partial charge >= 0.3 is 5.97 Å². The minimum absolute atomic E-state index is 0.158. The van der Waals surface area contributed by atoms with Gasteiger partial charge in [-0.2, -0.15) is 0 Å². The summed E-state index contributed by atoms with van der Waals surface area (Å²) in [6, 6.07) is 7.85. The molecular formula is C25H29N5O5S. The smallest absolute Gasteiger partial charge is 0.302 e. The normalized spacial score (nSPS) is 17.8. The number of nitrogens with zero attached hydrogens (tertiary/aromatic N) is 5. The molecule has 0 aliphatic carbocycles. The third kappa shape index (κ3) is 4.34. The summed E-state index contributed by atoms with van der Waals surface area (Å²) < 4.78 is 35.0. The van der Waals surface area contributed by atoms with E-state index < -0.39 is 28.1 Å². The van der Waals surface area contributed by atoms with Gasteiger partial charge in [0.25, 0.3) is 10.0 Å². The predicted molar refractivity (Wildman–Crippen MR) is 134 cm³/mol. The van der Waals surface area contributed by atoms with Crippen molar-refractivity contribution in [2.45, 2.75) is 58.1 Å². The highest BCUT2D eigenvalue weighted by molar-refractivity contribution is 7.90. The van der Waals surface area contributed by atoms with Crippen molar-refractivity contribution in [3.63, 3.8) is 0 Å². The molecule has 1 amide bonds. The number of amides is 1. The second kappa shape index (κ2) is 9.73. The maximum Gasteiger partial charge on any atom is 0.302 e. The van der Waals surface area contributed by atoms with Crippen LogP contribution in [0.2, 0.25) is 0 Å². The molecule has 36 heavy (non-hydrogen) atoms. The van der Waals surface area contributed by atoms with Gasteiger partial charge in [0.1, 0.15) is 11.9 Å². The summed E-state index contributed by atoms with van der Waals surface area (Å²) in [4.78, 5) is 34.5. The van der Waals surface area contributed by atoms with Crippen molar-refractivity contribution >= 4 is 38.6 Å². The molecule has 1 saturated heterocycles. The molecule has 4 heterocycles. The summed E-state index contributed by atoms with van der Waals surface area (Å²) in [6.07, 6.45) is 4.60. The molecule has 0 spiro atoms. The van der Waals surface area contributed by atoms with Crippen molar-refractivity contribution in [3.8, 4) is 0 Å². The second-order valence-electron chi connectivity index (χ2n) is 8.43. The molecule has 1 fully saturated rings. The Morgan fingerprint density at radius 1 is 1.03 bits per heavy atom. The monoisotopic (exact) mass is 511 g/mol. The van der Waals surface area contributed by atoms with E-state index in [0.717, 1.165) is 9.54 Å². The van der Waals surface area contributed by atoms with Crippen LogP contribution in [0.1, 0.15) is 51.5 Å². The summed E-state index contributed by atoms with van der Waals surface area (Å²) >= 11 is 0. The Balaban J connectivity index is 0.00000148. The summed E-state index contributed by atoms with van der Waals surface area (Å²) in [6.45, 7) is 8.95. The van der Waals surface area contributed by atoms with Crippen molar-refractivity contribution in [3.05, 3.63) is 60.3 Å². The highest BCUT2D eigenvalue weighted by atomic mass is 32.2. The Morgan fingerprint density at radius 2 is 1.69 bits per heavy atom. The number of carbonyl (C=O) groups excluding carboxylic acids is 2. The van der Waals surface area contributed by atoms with Crippen molar-refractivity contribution in [1.82, 2.24) is 23.2 Å². The van der Waals surface area contributed by atoms with Crippen LogP contribution in [0.3, 0.4) is 0 Å². The molecule has 3 aromatic heterocycles. The summed E-state index contributed by atoms with van der Waals surface area (Å²) in [5.74, 6) is -0.0222. The van der Waals surface area contributed by atoms with Gasteiger partial charge in [0.2, 0.25) is 5.91 Å². The zero-order valence-corrected chi connectivity index (χ0v) is 21.7. The van der Waals surface area contributed by atoms with Gasteiger partial charge in [-0.15, -0.1) is 0 Å². The molecule has 5 rings (SSSR count). The zero-order chi connectivity index (χ0) is 26.2. The molecule has 4 aromatic rings. The van der Waals surface area contributed by atoms with Crippen LogP contribution < -0.4 is 0 Å². The fourth-order valence-corrected chi connectivity index (χ4v) is 5.81. The van der Waals surface area contributed by atoms with Gasteiger partial charge in [-0.1, -0.05) is 31.5 Å². The Morgan fingerprint density at radius 3 is 2.33 bits per heavy atom. The maximum absolute atomic E-state index is 13.3. The first-order valence-corrected chi connectivity index (χ1v) is 13.2. The highest BCUT2D eigenvalue weighted by Crippen LogP contribution is 2.35. The first-order chi connectivity index (χ1) is 17.2. The number of hydrogen-bond acceptors (Lipinski definition) is 7. The molecule has 0 saturated carbocycles. The van der Waals surface area contributed by atoms with Gasteiger partial charge in [0.15, 0.2) is 5.65 Å². The lowest BCUT2D eigenvalue weighted by atomic mass is 10.2. The molecule has 190 valence electrons. The van der Waals surface area contributed by atoms with Crippen LogP contribution in [0.5, 0.6) is 0 Å². The summed E-state index contributed by atoms with van der Waals surface area (Å²) in [5, 5.41) is 0. The third-order valence-electron chi connectivity index (χ3n) is 6.06. The SMILES string of the molecule is CC.CC(=O)OC1CC(c2ncc3cnc4c(ccn4S(=O)(=O)c4ccc(C)cc4)n23)N(C(C)=O)C1. The molecule has 10 nitrogen and oxygen atoms in total. The third-order valence-corrected chi connectivity index (χ3v) is 7.74. The number of imidazole rings is 1. The topological polar surface area (TPSA) is 116 Å². The molecule has 0 N–H and O–H groups in total. The van der Waals surface area contributed by atoms with Gasteiger partial charge in [0.05, 0.1) is 40.9 Å². The van der Waals surface area contributed by atoms with Crippen molar-refractivity contribution < 1.29 is 22.7 Å². The molecule has 1 aromatic carbocycles. The van der Waals surface area contributed by atoms with E-state index >= 15 is 0 Å². The van der Waals surface area contributed by atoms with Crippen LogP contribution in [0.25, 0.3) is 16.7 Å². The lowest BCUT2D eigenvalue weighted by Crippen LogP contribution is -2.31. The standard InChI is InChI=1S/C23H23N5O5S.C2H6/c1-14-4-6-19(7-5-14)34(31,32)27-9-8-20-22(27)24-11-17-12-25-23(28(17)20)21-10-18(33-16(3)30)13-26(21)15(2)29;1-2/h4-9,11-12,18,21H,10,13H2,1-3H3;1-2H3. The zero-order valence-electron chi connectivity index (χ0n) is 20.9. The lowest BCUT2D eigenvalue weighted by Gasteiger charge is -2.22. The molecule has 2 atom stereocenters. The van der Waals surface area contributed by atoms with E-state index in [1.54, 1.807) is 52.0 Å². The molecule has 1 aliphatic heterocycles. The lowest BCUT2D eigenvalue weighted by molar-refractivity contribution is -0.146. The van der Waals surface area contributed by atoms with Crippen LogP contribution in [-0.2, 0) is 24.3 Å². The number of esters is 1. The van der Waals surface area contributed by atoms with Gasteiger partial charge < -0.3 is 9.64 Å². The summed E-state index contributed by atoms with van der Waals surface area (Å²) in [5.41, 5.74) is 2.40. The van der Waals surface area contributed by atoms with E-state index in [-0.39, 0.29) is 23.0 Å². The Bertz CT molecular complexity index is 1540. The molecule has 0 bridgehead atoms. The van der Waals surface area contributed by atoms with E-state index in [2.05, 4.69) is 9.97 Å². The van der Waals surface area contributed by atoms with Gasteiger partial charge in [-0.05, 0) is 25.1 Å². The number of likely N-dealkylation sites (tertiary alicyclic amines) is 1. The second-order valence-corrected chi connectivity index (χ2v) is 10.2. The van der Waals surface area contributed by atoms with Crippen molar-refractivity contribution in [2.75, 3.05) is 6.54 Å². The highest BCUT2D eigenvalue weighted by Gasteiger charge is 2.39. The van der Waals surface area contributed by atoms with Crippen molar-refractivity contribution in [2.24, 2.45) is 0 Å². The predicted octanol–water partition coefficient (Wildman–Crippen LogP) is 3.48. The maximum atomic E-state index is 13.3. The van der Waals surface area contributed by atoms with E-state index in [9.17, 15) is 18.0 Å². The van der Waals surface area contributed by atoms with E-state index in [1.165, 1.54) is 20.0 Å². The Labute approximate surface area is 209 Å². The fourth-order valence-electron chi connectivity index (χ4n) is 4.52. The van der Waals surface area contributed by atoms with E-state index in [1.807, 2.05) is 20.8 Å². The number of aryl methyl sites for hydroxylation is 1. The molecule has 1 aliphatic rings. The molecule has 11 heteroatoms. The van der Waals surface area contributed by atoms with Gasteiger partial charge in [-0.25, -0.2) is 22.4 Å². The average Bonchev–Trinajstić information content (AvgIpc) is 3.56. The molecule has 0 radical (unpaired) electrons.